The molecule has 206 valence electrons. The summed E-state index contributed by atoms with van der Waals surface area (Å²) in [6, 6.07) is 6.92. The van der Waals surface area contributed by atoms with Gasteiger partial charge in [-0.25, -0.2) is 4.79 Å². The summed E-state index contributed by atoms with van der Waals surface area (Å²) in [5.41, 5.74) is 4.48. The van der Waals surface area contributed by atoms with E-state index in [-0.39, 0.29) is 18.6 Å². The van der Waals surface area contributed by atoms with Crippen molar-refractivity contribution in [3.8, 4) is 0 Å². The van der Waals surface area contributed by atoms with Crippen LogP contribution in [0.1, 0.15) is 39.7 Å². The number of hydrogen-bond donors (Lipinski definition) is 4. The molecule has 0 heterocycles. The largest absolute Gasteiger partial charge is 0.444 e. The quantitative estimate of drug-likeness (QED) is 0.288. The highest BCUT2D eigenvalue weighted by Gasteiger charge is 2.29. The maximum atomic E-state index is 12.9. The fraction of sp³-hybridized carbons (Fsp3) is 0.542. The van der Waals surface area contributed by atoms with Crippen molar-refractivity contribution in [2.75, 3.05) is 25.6 Å². The number of alkyl carbamates (subject to hydrolysis) is 1. The summed E-state index contributed by atoms with van der Waals surface area (Å²) in [4.78, 5) is 63.0. The van der Waals surface area contributed by atoms with Gasteiger partial charge in [-0.05, 0) is 32.8 Å². The zero-order valence-electron chi connectivity index (χ0n) is 22.1. The molecule has 5 amide bonds. The van der Waals surface area contributed by atoms with E-state index in [1.54, 1.807) is 45.0 Å². The summed E-state index contributed by atoms with van der Waals surface area (Å²) in [5.74, 6) is -2.20. The molecule has 0 bridgehead atoms. The third kappa shape index (κ3) is 12.9. The van der Waals surface area contributed by atoms with Gasteiger partial charge in [-0.15, -0.1) is 0 Å². The summed E-state index contributed by atoms with van der Waals surface area (Å²) in [5, 5.41) is 4.91. The van der Waals surface area contributed by atoms with Crippen LogP contribution in [0, 0.1) is 0 Å². The molecule has 0 fully saturated rings. The average molecular weight is 540 g/mol. The first-order valence-corrected chi connectivity index (χ1v) is 13.4. The van der Waals surface area contributed by atoms with E-state index in [1.807, 2.05) is 6.07 Å². The van der Waals surface area contributed by atoms with Crippen molar-refractivity contribution >= 4 is 40.5 Å². The second kappa shape index (κ2) is 14.9. The fourth-order valence-corrected chi connectivity index (χ4v) is 3.63. The summed E-state index contributed by atoms with van der Waals surface area (Å²) >= 11 is 0. The highest BCUT2D eigenvalue weighted by atomic mass is 32.2. The van der Waals surface area contributed by atoms with Crippen LogP contribution in [0.2, 0.25) is 0 Å². The number of rotatable bonds is 11. The van der Waals surface area contributed by atoms with Crippen LogP contribution < -0.4 is 21.5 Å². The third-order valence-electron chi connectivity index (χ3n) is 4.91. The predicted molar refractivity (Wildman–Crippen MR) is 138 cm³/mol. The van der Waals surface area contributed by atoms with Gasteiger partial charge in [0, 0.05) is 43.2 Å². The van der Waals surface area contributed by atoms with Crippen molar-refractivity contribution in [2.45, 2.75) is 58.2 Å². The number of hydrazine groups is 1. The maximum absolute atomic E-state index is 12.9. The second-order valence-electron chi connectivity index (χ2n) is 9.36. The molecule has 37 heavy (non-hydrogen) atoms. The molecular weight excluding hydrogens is 502 g/mol. The van der Waals surface area contributed by atoms with Crippen molar-refractivity contribution in [1.82, 2.24) is 26.4 Å². The number of nitrogens with one attached hydrogen (secondary N) is 4. The van der Waals surface area contributed by atoms with Gasteiger partial charge in [0.2, 0.25) is 17.7 Å². The van der Waals surface area contributed by atoms with Crippen LogP contribution >= 0.6 is 0 Å². The van der Waals surface area contributed by atoms with Gasteiger partial charge in [-0.2, -0.15) is 0 Å². The van der Waals surface area contributed by atoms with Gasteiger partial charge >= 0.3 is 6.09 Å². The Morgan fingerprint density at radius 2 is 1.65 bits per heavy atom. The van der Waals surface area contributed by atoms with Crippen molar-refractivity contribution in [3.63, 3.8) is 0 Å². The number of ether oxygens (including phenoxy) is 1. The minimum atomic E-state index is -1.21. The molecule has 0 aliphatic carbocycles. The van der Waals surface area contributed by atoms with Crippen molar-refractivity contribution in [1.29, 1.82) is 0 Å². The number of amides is 5. The number of nitrogens with zero attached hydrogens (tertiary/aromatic N) is 1. The number of carbonyl (C=O) groups is 5. The molecule has 12 nitrogen and oxygen atoms in total. The van der Waals surface area contributed by atoms with E-state index >= 15 is 0 Å². The maximum Gasteiger partial charge on any atom is 0.408 e. The molecule has 1 aromatic carbocycles. The number of benzene rings is 1. The molecule has 0 aliphatic heterocycles. The lowest BCUT2D eigenvalue weighted by atomic mass is 10.0. The number of hydrogen-bond acceptors (Lipinski definition) is 7. The van der Waals surface area contributed by atoms with Gasteiger partial charge in [0.15, 0.2) is 0 Å². The first-order valence-electron chi connectivity index (χ1n) is 11.6. The van der Waals surface area contributed by atoms with Crippen molar-refractivity contribution in [3.05, 3.63) is 35.9 Å². The van der Waals surface area contributed by atoms with Gasteiger partial charge < -0.3 is 20.3 Å². The Labute approximate surface area is 219 Å². The van der Waals surface area contributed by atoms with Crippen molar-refractivity contribution < 1.29 is 32.9 Å². The first kappa shape index (κ1) is 31.5. The minimum Gasteiger partial charge on any atom is -0.444 e. The standard InChI is InChI=1S/C24H37N5O7S/c1-16(30)27-28-22(33)19(14-17-10-8-7-9-11-17)29(5)20(31)15-25-21(32)18(12-13-37(6)35)26-23(34)36-24(2,3)4/h7-11,18-19H,12-15H2,1-6H3,(H,25,32)(H,26,34)(H,27,30)(H,28,33)/t18-,19+,37?/m1/s1. The monoisotopic (exact) mass is 539 g/mol. The Hall–Kier alpha value is -3.48. The molecule has 1 unspecified atom stereocenters. The Morgan fingerprint density at radius 3 is 2.19 bits per heavy atom. The summed E-state index contributed by atoms with van der Waals surface area (Å²) in [7, 11) is 0.194. The highest BCUT2D eigenvalue weighted by Crippen LogP contribution is 2.10. The van der Waals surface area contributed by atoms with Gasteiger partial charge in [0.1, 0.15) is 17.7 Å². The highest BCUT2D eigenvalue weighted by molar-refractivity contribution is 7.84. The molecular formula is C24H37N5O7S. The lowest BCUT2D eigenvalue weighted by Gasteiger charge is -2.28. The molecule has 13 heteroatoms. The Balaban J connectivity index is 2.90. The molecule has 0 aliphatic rings. The summed E-state index contributed by atoms with van der Waals surface area (Å²) in [6.45, 7) is 5.78. The molecule has 3 atom stereocenters. The van der Waals surface area contributed by atoms with E-state index in [2.05, 4.69) is 21.5 Å². The normalized spacial score (nSPS) is 13.4. The zero-order chi connectivity index (χ0) is 28.2. The number of carbonyl (C=O) groups excluding carboxylic acids is 5. The minimum absolute atomic E-state index is 0.0635. The summed E-state index contributed by atoms with van der Waals surface area (Å²) in [6.07, 6.45) is 0.872. The van der Waals surface area contributed by atoms with E-state index in [0.29, 0.717) is 0 Å². The van der Waals surface area contributed by atoms with Gasteiger partial charge in [0.05, 0.1) is 6.54 Å². The molecule has 4 N–H and O–H groups in total. The topological polar surface area (TPSA) is 163 Å². The summed E-state index contributed by atoms with van der Waals surface area (Å²) < 4.78 is 16.7. The van der Waals surface area contributed by atoms with E-state index in [4.69, 9.17) is 4.74 Å². The van der Waals surface area contributed by atoms with E-state index in [0.717, 1.165) is 5.56 Å². The van der Waals surface area contributed by atoms with Crippen LogP contribution in [0.25, 0.3) is 0 Å². The lowest BCUT2D eigenvalue weighted by molar-refractivity contribution is -0.140. The Kier molecular flexibility index (Phi) is 12.7. The Bertz CT molecular complexity index is 981. The molecule has 1 aromatic rings. The van der Waals surface area contributed by atoms with Gasteiger partial charge in [0.25, 0.3) is 5.91 Å². The second-order valence-corrected chi connectivity index (χ2v) is 10.9. The molecule has 0 saturated carbocycles. The molecule has 0 radical (unpaired) electrons. The van der Waals surface area contributed by atoms with Crippen LogP contribution in [0.15, 0.2) is 30.3 Å². The first-order chi connectivity index (χ1) is 17.2. The number of likely N-dealkylation sites (N-methyl/N-ethyl adjacent to an activating group) is 1. The van der Waals surface area contributed by atoms with Crippen LogP contribution in [0.4, 0.5) is 4.79 Å². The van der Waals surface area contributed by atoms with Gasteiger partial charge in [-0.3, -0.25) is 34.2 Å². The third-order valence-corrected chi connectivity index (χ3v) is 5.72. The predicted octanol–water partition coefficient (Wildman–Crippen LogP) is 0.00150. The van der Waals surface area contributed by atoms with Crippen LogP contribution in [0.5, 0.6) is 0 Å². The lowest BCUT2D eigenvalue weighted by Crippen LogP contribution is -2.55. The van der Waals surface area contributed by atoms with Crippen LogP contribution in [-0.4, -0.2) is 82.1 Å². The van der Waals surface area contributed by atoms with E-state index in [1.165, 1.54) is 25.1 Å². The van der Waals surface area contributed by atoms with Crippen LogP contribution in [-0.2, 0) is 41.1 Å². The molecule has 1 rings (SSSR count). The molecule has 0 spiro atoms. The van der Waals surface area contributed by atoms with E-state index < -0.39 is 64.8 Å². The van der Waals surface area contributed by atoms with Crippen molar-refractivity contribution in [2.24, 2.45) is 0 Å². The SMILES string of the molecule is CC(=O)NNC(=O)[C@H](Cc1ccccc1)N(C)C(=O)CNC(=O)[C@@H](CCS(C)=O)NC(=O)OC(C)(C)C. The Morgan fingerprint density at radius 1 is 1.03 bits per heavy atom. The smallest absolute Gasteiger partial charge is 0.408 e. The molecule has 0 saturated heterocycles. The zero-order valence-corrected chi connectivity index (χ0v) is 22.9. The van der Waals surface area contributed by atoms with E-state index in [9.17, 15) is 28.2 Å². The van der Waals surface area contributed by atoms with Gasteiger partial charge in [-0.1, -0.05) is 30.3 Å². The molecule has 0 aromatic heterocycles. The van der Waals surface area contributed by atoms with Crippen LogP contribution in [0.3, 0.4) is 0 Å². The average Bonchev–Trinajstić information content (AvgIpc) is 2.80. The fourth-order valence-electron chi connectivity index (χ4n) is 3.06.